The number of rotatable bonds is 5. The number of nitrogens with one attached hydrogen (secondary N) is 1. The molecule has 0 radical (unpaired) electrons. The summed E-state index contributed by atoms with van der Waals surface area (Å²) in [5, 5.41) is 11.8. The predicted octanol–water partition coefficient (Wildman–Crippen LogP) is 1.67. The maximum absolute atomic E-state index is 11.8. The second-order valence-electron chi connectivity index (χ2n) is 5.57. The summed E-state index contributed by atoms with van der Waals surface area (Å²) >= 11 is 0. The molecule has 2 N–H and O–H groups in total. The molecule has 0 spiro atoms. The minimum absolute atomic E-state index is 0.00804. The third-order valence-electron chi connectivity index (χ3n) is 3.52. The van der Waals surface area contributed by atoms with E-state index in [2.05, 4.69) is 19.2 Å². The molecule has 0 unspecified atom stereocenters. The molecule has 0 aromatic heterocycles. The van der Waals surface area contributed by atoms with Crippen molar-refractivity contribution < 1.29 is 9.90 Å². The molecule has 0 atom stereocenters. The highest BCUT2D eigenvalue weighted by Crippen LogP contribution is 2.18. The van der Waals surface area contributed by atoms with Crippen LogP contribution in [0.4, 0.5) is 5.69 Å². The minimum Gasteiger partial charge on any atom is -0.396 e. The van der Waals surface area contributed by atoms with Crippen molar-refractivity contribution in [2.45, 2.75) is 19.8 Å². The Labute approximate surface area is 114 Å². The highest BCUT2D eigenvalue weighted by molar-refractivity contribution is 5.92. The van der Waals surface area contributed by atoms with Crippen molar-refractivity contribution in [2.24, 2.45) is 5.92 Å². The van der Waals surface area contributed by atoms with Crippen LogP contribution < -0.4 is 5.32 Å². The average molecular weight is 262 g/mol. The van der Waals surface area contributed by atoms with Crippen LogP contribution in [0, 0.1) is 5.92 Å². The average Bonchev–Trinajstić information content (AvgIpc) is 2.33. The number of likely N-dealkylation sites (tertiary alicyclic amines) is 1. The summed E-state index contributed by atoms with van der Waals surface area (Å²) in [4.78, 5) is 13.9. The molecule has 0 saturated carbocycles. The summed E-state index contributed by atoms with van der Waals surface area (Å²) in [7, 11) is 0. The van der Waals surface area contributed by atoms with E-state index in [1.807, 2.05) is 29.2 Å². The van der Waals surface area contributed by atoms with Gasteiger partial charge in [0.25, 0.3) is 0 Å². The summed E-state index contributed by atoms with van der Waals surface area (Å²) in [5.74, 6) is 0.855. The number of nitrogens with zero attached hydrogens (tertiary/aromatic N) is 1. The maximum Gasteiger partial charge on any atom is 0.238 e. The van der Waals surface area contributed by atoms with Crippen molar-refractivity contribution >= 4 is 11.6 Å². The topological polar surface area (TPSA) is 52.6 Å². The van der Waals surface area contributed by atoms with Gasteiger partial charge in [-0.15, -0.1) is 0 Å². The lowest BCUT2D eigenvalue weighted by atomic mass is 10.0. The van der Waals surface area contributed by atoms with Crippen LogP contribution in [0.5, 0.6) is 0 Å². The van der Waals surface area contributed by atoms with E-state index in [1.54, 1.807) is 0 Å². The quantitative estimate of drug-likeness (QED) is 0.848. The molecule has 2 rings (SSSR count). The number of amides is 1. The smallest absolute Gasteiger partial charge is 0.238 e. The van der Waals surface area contributed by atoms with Gasteiger partial charge in [-0.05, 0) is 23.6 Å². The fraction of sp³-hybridized carbons (Fsp3) is 0.533. The lowest BCUT2D eigenvalue weighted by Gasteiger charge is -2.37. The third-order valence-corrected chi connectivity index (χ3v) is 3.52. The molecule has 1 aliphatic rings. The van der Waals surface area contributed by atoms with Gasteiger partial charge in [-0.3, -0.25) is 9.69 Å². The van der Waals surface area contributed by atoms with Gasteiger partial charge >= 0.3 is 0 Å². The zero-order valence-electron chi connectivity index (χ0n) is 11.6. The molecule has 0 aliphatic carbocycles. The van der Waals surface area contributed by atoms with E-state index in [9.17, 15) is 4.79 Å². The molecule has 1 heterocycles. The van der Waals surface area contributed by atoms with Crippen LogP contribution in [0.25, 0.3) is 0 Å². The predicted molar refractivity (Wildman–Crippen MR) is 76.2 cm³/mol. The van der Waals surface area contributed by atoms with Crippen molar-refractivity contribution in [1.29, 1.82) is 0 Å². The first-order valence-corrected chi connectivity index (χ1v) is 6.81. The normalized spacial score (nSPS) is 16.4. The van der Waals surface area contributed by atoms with E-state index in [0.717, 1.165) is 18.8 Å². The number of aliphatic hydroxyl groups is 1. The van der Waals surface area contributed by atoms with Crippen LogP contribution >= 0.6 is 0 Å². The van der Waals surface area contributed by atoms with Gasteiger partial charge in [-0.25, -0.2) is 0 Å². The molecule has 0 bridgehead atoms. The Balaban J connectivity index is 1.79. The second-order valence-corrected chi connectivity index (χ2v) is 5.57. The fourth-order valence-corrected chi connectivity index (χ4v) is 2.28. The molecular formula is C15H22N2O2. The van der Waals surface area contributed by atoms with Crippen molar-refractivity contribution in [3.05, 3.63) is 29.8 Å². The zero-order chi connectivity index (χ0) is 13.8. The Bertz CT molecular complexity index is 422. The molecule has 104 valence electrons. The van der Waals surface area contributed by atoms with Gasteiger partial charge in [0.1, 0.15) is 0 Å². The number of hydrogen-bond donors (Lipinski definition) is 2. The van der Waals surface area contributed by atoms with E-state index in [1.165, 1.54) is 5.56 Å². The van der Waals surface area contributed by atoms with Crippen LogP contribution in [0.15, 0.2) is 24.3 Å². The Morgan fingerprint density at radius 3 is 2.53 bits per heavy atom. The molecule has 4 heteroatoms. The Morgan fingerprint density at radius 2 is 2.00 bits per heavy atom. The highest BCUT2D eigenvalue weighted by Gasteiger charge is 2.27. The number of benzene rings is 1. The Morgan fingerprint density at radius 1 is 1.37 bits per heavy atom. The Kier molecular flexibility index (Phi) is 4.56. The fourth-order valence-electron chi connectivity index (χ4n) is 2.28. The first kappa shape index (κ1) is 14.0. The van der Waals surface area contributed by atoms with Gasteiger partial charge in [0.2, 0.25) is 5.91 Å². The molecule has 1 aromatic rings. The Hall–Kier alpha value is -1.39. The molecule has 1 aliphatic heterocycles. The molecule has 19 heavy (non-hydrogen) atoms. The molecule has 1 fully saturated rings. The number of anilines is 1. The van der Waals surface area contributed by atoms with Crippen LogP contribution in [0.3, 0.4) is 0 Å². The van der Waals surface area contributed by atoms with Gasteiger partial charge in [-0.1, -0.05) is 26.0 Å². The van der Waals surface area contributed by atoms with Crippen LogP contribution in [0.2, 0.25) is 0 Å². The van der Waals surface area contributed by atoms with Gasteiger partial charge in [0, 0.05) is 31.3 Å². The van der Waals surface area contributed by atoms with Crippen molar-refractivity contribution in [1.82, 2.24) is 4.90 Å². The summed E-state index contributed by atoms with van der Waals surface area (Å²) < 4.78 is 0. The van der Waals surface area contributed by atoms with Crippen LogP contribution in [-0.4, -0.2) is 42.2 Å². The summed E-state index contributed by atoms with van der Waals surface area (Å²) in [6, 6.07) is 7.98. The summed E-state index contributed by atoms with van der Waals surface area (Å²) in [5.41, 5.74) is 2.11. The van der Waals surface area contributed by atoms with Crippen LogP contribution in [-0.2, 0) is 4.79 Å². The van der Waals surface area contributed by atoms with Crippen molar-refractivity contribution in [2.75, 3.05) is 31.6 Å². The van der Waals surface area contributed by atoms with E-state index in [-0.39, 0.29) is 12.5 Å². The van der Waals surface area contributed by atoms with Crippen molar-refractivity contribution in [3.63, 3.8) is 0 Å². The number of carbonyl (C=O) groups is 1. The lowest BCUT2D eigenvalue weighted by molar-refractivity contribution is -0.119. The monoisotopic (exact) mass is 262 g/mol. The van der Waals surface area contributed by atoms with Gasteiger partial charge in [0.05, 0.1) is 6.54 Å². The van der Waals surface area contributed by atoms with Gasteiger partial charge in [-0.2, -0.15) is 0 Å². The van der Waals surface area contributed by atoms with Crippen LogP contribution in [0.1, 0.15) is 25.3 Å². The standard InChI is InChI=1S/C15H22N2O2/c1-11(2)13-3-5-14(6-4-13)16-15(19)9-17-7-12(8-17)10-18/h3-6,11-12,18H,7-10H2,1-2H3,(H,16,19). The second kappa shape index (κ2) is 6.17. The van der Waals surface area contributed by atoms with Gasteiger partial charge < -0.3 is 10.4 Å². The summed E-state index contributed by atoms with van der Waals surface area (Å²) in [6.07, 6.45) is 0. The minimum atomic E-state index is 0.00804. The maximum atomic E-state index is 11.8. The zero-order valence-corrected chi connectivity index (χ0v) is 11.6. The first-order valence-electron chi connectivity index (χ1n) is 6.81. The molecular weight excluding hydrogens is 240 g/mol. The van der Waals surface area contributed by atoms with E-state index < -0.39 is 0 Å². The van der Waals surface area contributed by atoms with E-state index in [0.29, 0.717) is 18.4 Å². The lowest BCUT2D eigenvalue weighted by Crippen LogP contribution is -2.51. The molecule has 1 amide bonds. The van der Waals surface area contributed by atoms with Crippen molar-refractivity contribution in [3.8, 4) is 0 Å². The largest absolute Gasteiger partial charge is 0.396 e. The third kappa shape index (κ3) is 3.78. The van der Waals surface area contributed by atoms with E-state index in [4.69, 9.17) is 5.11 Å². The number of aliphatic hydroxyl groups excluding tert-OH is 1. The first-order chi connectivity index (χ1) is 9.08. The van der Waals surface area contributed by atoms with Gasteiger partial charge in [0.15, 0.2) is 0 Å². The molecule has 4 nitrogen and oxygen atoms in total. The molecule has 1 aromatic carbocycles. The molecule has 1 saturated heterocycles. The number of carbonyl (C=O) groups excluding carboxylic acids is 1. The number of hydrogen-bond acceptors (Lipinski definition) is 3. The van der Waals surface area contributed by atoms with E-state index >= 15 is 0 Å². The highest BCUT2D eigenvalue weighted by atomic mass is 16.3. The SMILES string of the molecule is CC(C)c1ccc(NC(=O)CN2CC(CO)C2)cc1. The summed E-state index contributed by atoms with van der Waals surface area (Å²) in [6.45, 7) is 6.55.